The number of hydrogen-bond acceptors (Lipinski definition) is 10. The predicted molar refractivity (Wildman–Crippen MR) is 92.2 cm³/mol. The zero-order valence-electron chi connectivity index (χ0n) is 13.5. The lowest BCUT2D eigenvalue weighted by Crippen LogP contribution is -2.19. The number of hydrogen-bond donors (Lipinski definition) is 2. The monoisotopic (exact) mass is 380 g/mol. The Bertz CT molecular complexity index is 863. The quantitative estimate of drug-likeness (QED) is 0.251. The van der Waals surface area contributed by atoms with Gasteiger partial charge in [-0.05, 0) is 17.8 Å². The summed E-state index contributed by atoms with van der Waals surface area (Å²) >= 11 is 0.879. The molecule has 0 aromatic heterocycles. The number of benzene rings is 1. The molecule has 0 atom stereocenters. The summed E-state index contributed by atoms with van der Waals surface area (Å²) in [7, 11) is 2.43. The molecule has 1 aliphatic heterocycles. The third-order valence-electron chi connectivity index (χ3n) is 2.95. The van der Waals surface area contributed by atoms with E-state index in [0.717, 1.165) is 23.9 Å². The molecule has 2 rings (SSSR count). The Morgan fingerprint density at radius 2 is 2.15 bits per heavy atom. The number of nitrogens with zero attached hydrogens (tertiary/aromatic N) is 3. The van der Waals surface area contributed by atoms with E-state index < -0.39 is 28.2 Å². The number of phenolic OH excluding ortho intramolecular Hbond substituents is 1. The first-order valence-corrected chi connectivity index (χ1v) is 7.62. The van der Waals surface area contributed by atoms with Gasteiger partial charge >= 0.3 is 11.7 Å². The molecule has 11 nitrogen and oxygen atoms in total. The molecule has 1 heterocycles. The largest absolute Gasteiger partial charge is 0.500 e. The Balaban J connectivity index is 2.21. The molecule has 0 bridgehead atoms. The maximum absolute atomic E-state index is 11.6. The predicted octanol–water partition coefficient (Wildman–Crippen LogP) is 0.919. The Labute approximate surface area is 150 Å². The van der Waals surface area contributed by atoms with Crippen molar-refractivity contribution >= 4 is 40.7 Å². The van der Waals surface area contributed by atoms with Crippen molar-refractivity contribution in [3.05, 3.63) is 38.8 Å². The molecule has 0 spiro atoms. The third kappa shape index (κ3) is 4.36. The Kier molecular flexibility index (Phi) is 5.90. The van der Waals surface area contributed by atoms with E-state index in [2.05, 4.69) is 20.3 Å². The fourth-order valence-corrected chi connectivity index (χ4v) is 2.51. The normalized spacial score (nSPS) is 16.9. The first-order chi connectivity index (χ1) is 12.3. The van der Waals surface area contributed by atoms with Gasteiger partial charge in [0.1, 0.15) is 0 Å². The second-order valence-electron chi connectivity index (χ2n) is 4.59. The molecule has 1 aliphatic rings. The number of ether oxygens (including phenoxy) is 2. The highest BCUT2D eigenvalue weighted by Crippen LogP contribution is 2.36. The summed E-state index contributed by atoms with van der Waals surface area (Å²) < 4.78 is 9.30. The van der Waals surface area contributed by atoms with Crippen LogP contribution in [-0.2, 0) is 14.3 Å². The maximum atomic E-state index is 11.6. The second kappa shape index (κ2) is 8.11. The first kappa shape index (κ1) is 18.9. The molecule has 1 fully saturated rings. The number of nitrogens with one attached hydrogen (secondary N) is 1. The molecular weight excluding hydrogens is 368 g/mol. The average Bonchev–Trinajstić information content (AvgIpc) is 2.95. The van der Waals surface area contributed by atoms with Crippen LogP contribution in [-0.4, -0.2) is 47.5 Å². The highest BCUT2D eigenvalue weighted by Gasteiger charge is 2.25. The van der Waals surface area contributed by atoms with Crippen LogP contribution < -0.4 is 10.1 Å². The first-order valence-electron chi connectivity index (χ1n) is 6.81. The molecule has 0 unspecified atom stereocenters. The molecule has 0 aliphatic carbocycles. The highest BCUT2D eigenvalue weighted by atomic mass is 32.2. The van der Waals surface area contributed by atoms with Crippen LogP contribution in [0.25, 0.3) is 0 Å². The fourth-order valence-electron chi connectivity index (χ4n) is 1.77. The summed E-state index contributed by atoms with van der Waals surface area (Å²) in [5.74, 6) is -1.91. The van der Waals surface area contributed by atoms with Crippen LogP contribution in [0.15, 0.2) is 33.3 Å². The van der Waals surface area contributed by atoms with Crippen molar-refractivity contribution in [3.63, 3.8) is 0 Å². The number of amidine groups is 1. The molecule has 12 heteroatoms. The number of thioether (sulfide) groups is 1. The number of aromatic hydroxyl groups is 1. The molecule has 136 valence electrons. The van der Waals surface area contributed by atoms with E-state index in [1.165, 1.54) is 26.5 Å². The number of methoxy groups -OCH3 is 2. The topological polar surface area (TPSA) is 153 Å². The van der Waals surface area contributed by atoms with E-state index in [4.69, 9.17) is 4.74 Å². The SMILES string of the molecule is COC(=O)/C=C1/S/C(=N\N=Cc2cc(OC)c(O)c([N+](=O)[O-])c2)NC1=O. The van der Waals surface area contributed by atoms with E-state index in [1.807, 2.05) is 0 Å². The Hall–Kier alpha value is -3.41. The lowest BCUT2D eigenvalue weighted by atomic mass is 10.2. The molecule has 1 aromatic rings. The summed E-state index contributed by atoms with van der Waals surface area (Å²) in [5, 5.41) is 30.6. The number of carbonyl (C=O) groups excluding carboxylic acids is 2. The number of rotatable bonds is 5. The lowest BCUT2D eigenvalue weighted by molar-refractivity contribution is -0.386. The molecule has 1 aromatic carbocycles. The number of nitro benzene ring substituents is 1. The number of amides is 1. The van der Waals surface area contributed by atoms with Gasteiger partial charge in [0.25, 0.3) is 5.91 Å². The van der Waals surface area contributed by atoms with Crippen molar-refractivity contribution in [3.8, 4) is 11.5 Å². The zero-order chi connectivity index (χ0) is 19.3. The molecule has 1 amide bonds. The molecule has 1 saturated heterocycles. The zero-order valence-corrected chi connectivity index (χ0v) is 14.3. The summed E-state index contributed by atoms with van der Waals surface area (Å²) in [5.41, 5.74) is -0.305. The smallest absolute Gasteiger partial charge is 0.331 e. The van der Waals surface area contributed by atoms with Gasteiger partial charge in [-0.25, -0.2) is 4.79 Å². The summed E-state index contributed by atoms with van der Waals surface area (Å²) in [6, 6.07) is 2.42. The van der Waals surface area contributed by atoms with Crippen molar-refractivity contribution < 1.29 is 29.1 Å². The van der Waals surface area contributed by atoms with Gasteiger partial charge in [-0.1, -0.05) is 0 Å². The lowest BCUT2D eigenvalue weighted by Gasteiger charge is -2.04. The summed E-state index contributed by atoms with van der Waals surface area (Å²) in [6.07, 6.45) is 2.19. The van der Waals surface area contributed by atoms with Crippen LogP contribution in [0.4, 0.5) is 5.69 Å². The molecule has 2 N–H and O–H groups in total. The Morgan fingerprint density at radius 1 is 1.42 bits per heavy atom. The minimum Gasteiger partial charge on any atom is -0.500 e. The average molecular weight is 380 g/mol. The van der Waals surface area contributed by atoms with E-state index in [0.29, 0.717) is 0 Å². The highest BCUT2D eigenvalue weighted by molar-refractivity contribution is 8.18. The molecule has 0 radical (unpaired) electrons. The van der Waals surface area contributed by atoms with Gasteiger partial charge in [-0.2, -0.15) is 5.10 Å². The van der Waals surface area contributed by atoms with Crippen LogP contribution in [0.3, 0.4) is 0 Å². The van der Waals surface area contributed by atoms with E-state index in [1.54, 1.807) is 0 Å². The minimum absolute atomic E-state index is 0.0905. The van der Waals surface area contributed by atoms with Crippen LogP contribution in [0.2, 0.25) is 0 Å². The second-order valence-corrected chi connectivity index (χ2v) is 5.62. The number of phenols is 1. The molecule has 26 heavy (non-hydrogen) atoms. The summed E-state index contributed by atoms with van der Waals surface area (Å²) in [4.78, 5) is 33.1. The van der Waals surface area contributed by atoms with Crippen molar-refractivity contribution in [1.82, 2.24) is 5.32 Å². The van der Waals surface area contributed by atoms with E-state index >= 15 is 0 Å². The van der Waals surface area contributed by atoms with Gasteiger partial charge in [0.2, 0.25) is 5.75 Å². The van der Waals surface area contributed by atoms with Gasteiger partial charge in [0.15, 0.2) is 10.9 Å². The van der Waals surface area contributed by atoms with Crippen molar-refractivity contribution in [2.45, 2.75) is 0 Å². The molecular formula is C14H12N4O7S. The summed E-state index contributed by atoms with van der Waals surface area (Å²) in [6.45, 7) is 0. The van der Waals surface area contributed by atoms with Crippen molar-refractivity contribution in [1.29, 1.82) is 0 Å². The standard InChI is InChI=1S/C14H12N4O7S/c1-24-9-4-7(3-8(12(9)20)18(22)23)6-15-17-14-16-13(21)10(26-14)5-11(19)25-2/h3-6,20H,1-2H3,(H,16,17,21)/b10-5+,15-6?. The van der Waals surface area contributed by atoms with Crippen LogP contribution in [0.1, 0.15) is 5.56 Å². The van der Waals surface area contributed by atoms with Crippen molar-refractivity contribution in [2.75, 3.05) is 14.2 Å². The van der Waals surface area contributed by atoms with Gasteiger partial charge < -0.3 is 14.6 Å². The van der Waals surface area contributed by atoms with Gasteiger partial charge in [-0.15, -0.1) is 5.10 Å². The van der Waals surface area contributed by atoms with Gasteiger partial charge in [0, 0.05) is 17.7 Å². The number of carbonyl (C=O) groups is 2. The Morgan fingerprint density at radius 3 is 2.77 bits per heavy atom. The van der Waals surface area contributed by atoms with E-state index in [-0.39, 0.29) is 21.4 Å². The van der Waals surface area contributed by atoms with Crippen LogP contribution in [0, 0.1) is 10.1 Å². The maximum Gasteiger partial charge on any atom is 0.331 e. The third-order valence-corrected chi connectivity index (χ3v) is 3.85. The molecule has 0 saturated carbocycles. The van der Waals surface area contributed by atoms with E-state index in [9.17, 15) is 24.8 Å². The number of esters is 1. The fraction of sp³-hybridized carbons (Fsp3) is 0.143. The number of nitro groups is 1. The van der Waals surface area contributed by atoms with Crippen LogP contribution in [0.5, 0.6) is 11.5 Å². The van der Waals surface area contributed by atoms with Crippen LogP contribution >= 0.6 is 11.8 Å². The van der Waals surface area contributed by atoms with Gasteiger partial charge in [-0.3, -0.25) is 20.2 Å². The van der Waals surface area contributed by atoms with Gasteiger partial charge in [0.05, 0.1) is 30.3 Å². The minimum atomic E-state index is -0.766. The van der Waals surface area contributed by atoms with Crippen molar-refractivity contribution in [2.24, 2.45) is 10.2 Å².